The Bertz CT molecular complexity index is 1010. The van der Waals surface area contributed by atoms with Crippen molar-refractivity contribution in [1.29, 1.82) is 0 Å². The molecular formula is C17H16Cl2N4O3S. The lowest BCUT2D eigenvalue weighted by Crippen LogP contribution is -2.20. The highest BCUT2D eigenvalue weighted by molar-refractivity contribution is 7.90. The van der Waals surface area contributed by atoms with Gasteiger partial charge in [0.05, 0.1) is 15.5 Å². The van der Waals surface area contributed by atoms with E-state index in [0.29, 0.717) is 17.9 Å². The van der Waals surface area contributed by atoms with Crippen LogP contribution in [-0.4, -0.2) is 43.6 Å². The number of hydrogen-bond acceptors (Lipinski definition) is 4. The standard InChI is InChI=1S/C17H16Cl2N4O3S/c1-23-8-2-3-15(23)22-27(25,26)13-6-4-12(5-7-13)21-17(24)11-9-14(18)16(19)20-10-11/h4-7,9-10H,2-3,8H2,1H3,(H,21,24)/b22-15+. The second kappa shape index (κ2) is 7.84. The van der Waals surface area contributed by atoms with E-state index in [2.05, 4.69) is 14.7 Å². The predicted octanol–water partition coefficient (Wildman–Crippen LogP) is 3.45. The van der Waals surface area contributed by atoms with Gasteiger partial charge >= 0.3 is 0 Å². The second-order valence-electron chi connectivity index (χ2n) is 5.98. The van der Waals surface area contributed by atoms with E-state index >= 15 is 0 Å². The average molecular weight is 427 g/mol. The molecule has 1 aromatic heterocycles. The summed E-state index contributed by atoms with van der Waals surface area (Å²) in [7, 11) is -1.98. The molecule has 1 N–H and O–H groups in total. The van der Waals surface area contributed by atoms with Crippen LogP contribution in [0, 0.1) is 0 Å². The molecule has 0 aliphatic carbocycles. The topological polar surface area (TPSA) is 91.7 Å². The van der Waals surface area contributed by atoms with Crippen LogP contribution in [-0.2, 0) is 10.0 Å². The van der Waals surface area contributed by atoms with Crippen molar-refractivity contribution in [2.75, 3.05) is 18.9 Å². The number of hydrogen-bond donors (Lipinski definition) is 1. The average Bonchev–Trinajstić information content (AvgIpc) is 3.02. The second-order valence-corrected chi connectivity index (χ2v) is 8.35. The number of rotatable bonds is 4. The van der Waals surface area contributed by atoms with Gasteiger partial charge in [-0.05, 0) is 36.8 Å². The Morgan fingerprint density at radius 2 is 1.96 bits per heavy atom. The SMILES string of the molecule is CN1CCC/C1=N\S(=O)(=O)c1ccc(NC(=O)c2cnc(Cl)c(Cl)c2)cc1. The molecule has 0 unspecified atom stereocenters. The monoisotopic (exact) mass is 426 g/mol. The van der Waals surface area contributed by atoms with Gasteiger partial charge in [-0.25, -0.2) is 4.98 Å². The van der Waals surface area contributed by atoms with E-state index in [1.807, 2.05) is 11.9 Å². The van der Waals surface area contributed by atoms with Crippen molar-refractivity contribution in [2.45, 2.75) is 17.7 Å². The zero-order chi connectivity index (χ0) is 19.6. The van der Waals surface area contributed by atoms with E-state index in [4.69, 9.17) is 23.2 Å². The molecule has 3 rings (SSSR count). The van der Waals surface area contributed by atoms with Crippen molar-refractivity contribution >= 4 is 50.7 Å². The van der Waals surface area contributed by atoms with Crippen LogP contribution in [0.1, 0.15) is 23.2 Å². The van der Waals surface area contributed by atoms with E-state index < -0.39 is 15.9 Å². The number of sulfonamides is 1. The molecule has 27 heavy (non-hydrogen) atoms. The summed E-state index contributed by atoms with van der Waals surface area (Å²) in [6, 6.07) is 7.19. The summed E-state index contributed by atoms with van der Waals surface area (Å²) in [5.41, 5.74) is 0.660. The first-order chi connectivity index (χ1) is 12.8. The van der Waals surface area contributed by atoms with E-state index in [9.17, 15) is 13.2 Å². The molecule has 2 aromatic rings. The van der Waals surface area contributed by atoms with Gasteiger partial charge in [0.1, 0.15) is 11.0 Å². The number of halogens is 2. The first-order valence-electron chi connectivity index (χ1n) is 8.04. The van der Waals surface area contributed by atoms with Gasteiger partial charge < -0.3 is 10.2 Å². The van der Waals surface area contributed by atoms with Crippen LogP contribution in [0.25, 0.3) is 0 Å². The highest BCUT2D eigenvalue weighted by Crippen LogP contribution is 2.22. The molecule has 1 aliphatic heterocycles. The Labute approximate surface area is 167 Å². The third-order valence-electron chi connectivity index (χ3n) is 4.03. The van der Waals surface area contributed by atoms with Crippen molar-refractivity contribution in [3.05, 3.63) is 52.3 Å². The number of benzene rings is 1. The fourth-order valence-electron chi connectivity index (χ4n) is 2.56. The molecule has 0 bridgehead atoms. The normalized spacial score (nSPS) is 16.0. The van der Waals surface area contributed by atoms with Crippen molar-refractivity contribution in [3.63, 3.8) is 0 Å². The summed E-state index contributed by atoms with van der Waals surface area (Å²) in [5.74, 6) is 0.115. The summed E-state index contributed by atoms with van der Waals surface area (Å²) < 4.78 is 28.7. The van der Waals surface area contributed by atoms with Crippen molar-refractivity contribution < 1.29 is 13.2 Å². The van der Waals surface area contributed by atoms with Gasteiger partial charge in [0.15, 0.2) is 0 Å². The molecule has 1 aliphatic rings. The van der Waals surface area contributed by atoms with Crippen LogP contribution in [0.2, 0.25) is 10.2 Å². The van der Waals surface area contributed by atoms with Crippen molar-refractivity contribution in [1.82, 2.24) is 9.88 Å². The van der Waals surface area contributed by atoms with Crippen LogP contribution in [0.5, 0.6) is 0 Å². The number of aromatic nitrogens is 1. The summed E-state index contributed by atoms with van der Waals surface area (Å²) in [4.78, 5) is 17.9. The molecule has 1 aromatic carbocycles. The Balaban J connectivity index is 1.75. The summed E-state index contributed by atoms with van der Waals surface area (Å²) in [6.07, 6.45) is 2.83. The van der Waals surface area contributed by atoms with Crippen LogP contribution < -0.4 is 5.32 Å². The number of carbonyl (C=O) groups excluding carboxylic acids is 1. The number of likely N-dealkylation sites (tertiary alicyclic amines) is 1. The fraction of sp³-hybridized carbons (Fsp3) is 0.235. The minimum Gasteiger partial charge on any atom is -0.362 e. The molecule has 1 saturated heterocycles. The lowest BCUT2D eigenvalue weighted by Gasteiger charge is -2.11. The number of pyridine rings is 1. The minimum atomic E-state index is -3.79. The van der Waals surface area contributed by atoms with Gasteiger partial charge in [-0.1, -0.05) is 23.2 Å². The molecule has 2 heterocycles. The lowest BCUT2D eigenvalue weighted by molar-refractivity contribution is 0.102. The van der Waals surface area contributed by atoms with Crippen LogP contribution >= 0.6 is 23.2 Å². The Morgan fingerprint density at radius 3 is 2.56 bits per heavy atom. The molecule has 10 heteroatoms. The zero-order valence-corrected chi connectivity index (χ0v) is 16.6. The largest absolute Gasteiger partial charge is 0.362 e. The molecule has 0 atom stereocenters. The van der Waals surface area contributed by atoms with Gasteiger partial charge in [0.25, 0.3) is 15.9 Å². The molecular weight excluding hydrogens is 411 g/mol. The minimum absolute atomic E-state index is 0.0597. The van der Waals surface area contributed by atoms with Gasteiger partial charge in [0, 0.05) is 31.9 Å². The number of nitrogens with zero attached hydrogens (tertiary/aromatic N) is 3. The van der Waals surface area contributed by atoms with Gasteiger partial charge in [-0.15, -0.1) is 4.40 Å². The third kappa shape index (κ3) is 4.58. The van der Waals surface area contributed by atoms with Crippen LogP contribution in [0.4, 0.5) is 5.69 Å². The van der Waals surface area contributed by atoms with Gasteiger partial charge in [-0.2, -0.15) is 8.42 Å². The fourth-order valence-corrected chi connectivity index (χ4v) is 3.92. The molecule has 7 nitrogen and oxygen atoms in total. The first kappa shape index (κ1) is 19.6. The number of carbonyl (C=O) groups is 1. The van der Waals surface area contributed by atoms with Crippen molar-refractivity contribution in [2.24, 2.45) is 4.40 Å². The van der Waals surface area contributed by atoms with Crippen LogP contribution in [0.15, 0.2) is 45.8 Å². The number of amides is 1. The van der Waals surface area contributed by atoms with Crippen molar-refractivity contribution in [3.8, 4) is 0 Å². The van der Waals surface area contributed by atoms with E-state index in [1.54, 1.807) is 0 Å². The number of nitrogens with one attached hydrogen (secondary N) is 1. The molecule has 0 saturated carbocycles. The number of amidine groups is 1. The number of anilines is 1. The molecule has 142 valence electrons. The smallest absolute Gasteiger partial charge is 0.283 e. The summed E-state index contributed by atoms with van der Waals surface area (Å²) in [6.45, 7) is 0.795. The molecule has 0 spiro atoms. The van der Waals surface area contributed by atoms with E-state index in [1.165, 1.54) is 36.5 Å². The third-order valence-corrected chi connectivity index (χ3v) is 6.03. The zero-order valence-electron chi connectivity index (χ0n) is 14.3. The first-order valence-corrected chi connectivity index (χ1v) is 10.2. The lowest BCUT2D eigenvalue weighted by atomic mass is 10.2. The van der Waals surface area contributed by atoms with Crippen LogP contribution in [0.3, 0.4) is 0 Å². The maximum absolute atomic E-state index is 12.4. The van der Waals surface area contributed by atoms with E-state index in [-0.39, 0.29) is 20.6 Å². The highest BCUT2D eigenvalue weighted by atomic mass is 35.5. The van der Waals surface area contributed by atoms with Gasteiger partial charge in [-0.3, -0.25) is 4.79 Å². The highest BCUT2D eigenvalue weighted by Gasteiger charge is 2.20. The Kier molecular flexibility index (Phi) is 5.69. The van der Waals surface area contributed by atoms with Gasteiger partial charge in [0.2, 0.25) is 0 Å². The molecule has 1 fully saturated rings. The maximum Gasteiger partial charge on any atom is 0.283 e. The molecule has 0 radical (unpaired) electrons. The molecule has 1 amide bonds. The summed E-state index contributed by atoms with van der Waals surface area (Å²) in [5, 5.41) is 2.92. The van der Waals surface area contributed by atoms with E-state index in [0.717, 1.165) is 13.0 Å². The Hall–Kier alpha value is -2.16. The summed E-state index contributed by atoms with van der Waals surface area (Å²) >= 11 is 11.6. The quantitative estimate of drug-likeness (QED) is 0.755. The predicted molar refractivity (Wildman–Crippen MR) is 105 cm³/mol. The maximum atomic E-state index is 12.4. The Morgan fingerprint density at radius 1 is 1.26 bits per heavy atom.